The number of carbonyl (C=O) groups excluding carboxylic acids is 1. The van der Waals surface area contributed by atoms with E-state index in [-0.39, 0.29) is 30.7 Å². The maximum Gasteiger partial charge on any atom is 0.305 e. The molecule has 0 spiro atoms. The number of pyridine rings is 1. The summed E-state index contributed by atoms with van der Waals surface area (Å²) in [7, 11) is 0. The van der Waals surface area contributed by atoms with Crippen LogP contribution in [-0.4, -0.2) is 33.5 Å². The van der Waals surface area contributed by atoms with Crippen LogP contribution < -0.4 is 5.32 Å². The molecule has 0 saturated heterocycles. The predicted octanol–water partition coefficient (Wildman–Crippen LogP) is 7.80. The smallest absolute Gasteiger partial charge is 0.305 e. The molecular weight excluding hydrogens is 534 g/mol. The van der Waals surface area contributed by atoms with Crippen LogP contribution in [0, 0.1) is 0 Å². The third-order valence-electron chi connectivity index (χ3n) is 7.43. The molecule has 41 heavy (non-hydrogen) atoms. The van der Waals surface area contributed by atoms with Crippen LogP contribution >= 0.6 is 11.6 Å². The minimum absolute atomic E-state index is 0.0179. The lowest BCUT2D eigenvalue weighted by Gasteiger charge is -2.30. The maximum absolute atomic E-state index is 12.6. The molecule has 2 unspecified atom stereocenters. The first-order chi connectivity index (χ1) is 19.9. The van der Waals surface area contributed by atoms with Crippen molar-refractivity contribution in [2.75, 3.05) is 6.54 Å². The zero-order valence-electron chi connectivity index (χ0n) is 22.8. The van der Waals surface area contributed by atoms with Crippen molar-refractivity contribution in [2.45, 2.75) is 38.0 Å². The average Bonchev–Trinajstić information content (AvgIpc) is 3.53. The summed E-state index contributed by atoms with van der Waals surface area (Å²) in [5.74, 6) is -1.08. The summed E-state index contributed by atoms with van der Waals surface area (Å²) in [5, 5.41) is 13.3. The topological polar surface area (TPSA) is 95.1 Å². The number of halogens is 1. The first kappa shape index (κ1) is 28.1. The summed E-state index contributed by atoms with van der Waals surface area (Å²) in [6.07, 6.45) is 3.69. The van der Waals surface area contributed by atoms with Crippen LogP contribution in [-0.2, 0) is 4.79 Å². The number of carboxylic acid groups (broad SMARTS) is 1. The molecule has 5 rings (SSSR count). The van der Waals surface area contributed by atoms with E-state index in [1.807, 2.05) is 54.7 Å². The number of hydrogen-bond donors (Lipinski definition) is 3. The van der Waals surface area contributed by atoms with Gasteiger partial charge in [-0.25, -0.2) is 4.98 Å². The van der Waals surface area contributed by atoms with Crippen LogP contribution in [0.25, 0.3) is 22.3 Å². The molecule has 6 nitrogen and oxygen atoms in total. The Morgan fingerprint density at radius 1 is 0.927 bits per heavy atom. The van der Waals surface area contributed by atoms with Gasteiger partial charge in [0.2, 0.25) is 0 Å². The van der Waals surface area contributed by atoms with Crippen molar-refractivity contribution in [3.63, 3.8) is 0 Å². The Hall–Kier alpha value is -4.42. The molecule has 2 atom stereocenters. The van der Waals surface area contributed by atoms with Gasteiger partial charge in [-0.3, -0.25) is 9.59 Å². The van der Waals surface area contributed by atoms with Crippen molar-refractivity contribution in [1.29, 1.82) is 0 Å². The molecular formula is C34H32ClN3O3. The highest BCUT2D eigenvalue weighted by Gasteiger charge is 2.28. The number of amides is 1. The van der Waals surface area contributed by atoms with Crippen molar-refractivity contribution in [3.8, 4) is 11.4 Å². The van der Waals surface area contributed by atoms with Crippen molar-refractivity contribution >= 4 is 34.4 Å². The maximum atomic E-state index is 12.6. The molecule has 0 fully saturated rings. The van der Waals surface area contributed by atoms with Gasteiger partial charge in [0.1, 0.15) is 0 Å². The zero-order chi connectivity index (χ0) is 28.8. The Kier molecular flexibility index (Phi) is 8.80. The molecule has 0 radical (unpaired) electrons. The van der Waals surface area contributed by atoms with Crippen LogP contribution in [0.2, 0.25) is 5.02 Å². The zero-order valence-corrected chi connectivity index (χ0v) is 23.6. The molecule has 0 aliphatic carbocycles. The lowest BCUT2D eigenvalue weighted by atomic mass is 9.74. The Balaban J connectivity index is 1.56. The number of aromatic nitrogens is 2. The number of H-pyrrole nitrogens is 1. The fraction of sp³-hybridized carbons (Fsp3) is 0.206. The highest BCUT2D eigenvalue weighted by Crippen LogP contribution is 2.44. The molecule has 2 aromatic heterocycles. The highest BCUT2D eigenvalue weighted by molar-refractivity contribution is 6.30. The molecule has 0 aliphatic heterocycles. The summed E-state index contributed by atoms with van der Waals surface area (Å²) >= 11 is 6.30. The summed E-state index contributed by atoms with van der Waals surface area (Å²) in [4.78, 5) is 31.6. The number of fused-ring (bicyclic) bond motifs is 1. The number of carbonyl (C=O) groups is 2. The highest BCUT2D eigenvalue weighted by atomic mass is 35.5. The molecule has 0 saturated carbocycles. The van der Waals surface area contributed by atoms with Crippen LogP contribution in [0.15, 0.2) is 97.2 Å². The van der Waals surface area contributed by atoms with Crippen LogP contribution in [0.4, 0.5) is 0 Å². The second-order valence-electron chi connectivity index (χ2n) is 10.1. The van der Waals surface area contributed by atoms with Gasteiger partial charge in [-0.05, 0) is 77.6 Å². The first-order valence-corrected chi connectivity index (χ1v) is 14.2. The van der Waals surface area contributed by atoms with Gasteiger partial charge in [0.25, 0.3) is 5.91 Å². The SMILES string of the molecule is CCCC(c1ccc(C(=O)NCCC(=O)O)cc1)C(c1ccc(Cl)cc1)c1cccc2nc(-c3ccc[nH]3)ccc12. The molecule has 2 heterocycles. The molecule has 7 heteroatoms. The van der Waals surface area contributed by atoms with Gasteiger partial charge in [-0.1, -0.05) is 67.4 Å². The average molecular weight is 566 g/mol. The quantitative estimate of drug-likeness (QED) is 0.152. The van der Waals surface area contributed by atoms with Crippen LogP contribution in [0.1, 0.15) is 65.1 Å². The molecule has 0 aliphatic rings. The van der Waals surface area contributed by atoms with E-state index >= 15 is 0 Å². The molecule has 208 valence electrons. The lowest BCUT2D eigenvalue weighted by Crippen LogP contribution is -2.26. The Morgan fingerprint density at radius 3 is 2.37 bits per heavy atom. The van der Waals surface area contributed by atoms with Gasteiger partial charge in [-0.2, -0.15) is 0 Å². The number of carboxylic acids is 1. The van der Waals surface area contributed by atoms with Gasteiger partial charge in [-0.15, -0.1) is 0 Å². The summed E-state index contributed by atoms with van der Waals surface area (Å²) in [6, 6.07) is 30.2. The second kappa shape index (κ2) is 12.8. The van der Waals surface area contributed by atoms with E-state index in [4.69, 9.17) is 21.7 Å². The van der Waals surface area contributed by atoms with E-state index < -0.39 is 5.97 Å². The van der Waals surface area contributed by atoms with Gasteiger partial charge in [0.15, 0.2) is 0 Å². The number of aliphatic carboxylic acids is 1. The molecule has 1 amide bonds. The first-order valence-electron chi connectivity index (χ1n) is 13.8. The van der Waals surface area contributed by atoms with E-state index in [1.165, 1.54) is 5.56 Å². The standard InChI is InChI=1S/C34H32ClN3O3/c1-2-5-26(22-9-11-24(12-10-22)34(41)37-21-19-32(39)40)33(23-13-15-25(35)16-14-23)28-6-3-7-29-27(28)17-18-31(38-29)30-8-4-20-36-30/h3-4,6-18,20,26,33,36H,2,5,19,21H2,1H3,(H,37,41)(H,39,40). The summed E-state index contributed by atoms with van der Waals surface area (Å²) in [6.45, 7) is 2.27. The number of aromatic amines is 1. The van der Waals surface area contributed by atoms with Crippen molar-refractivity contribution in [1.82, 2.24) is 15.3 Å². The number of nitrogens with one attached hydrogen (secondary N) is 2. The van der Waals surface area contributed by atoms with Gasteiger partial charge < -0.3 is 15.4 Å². The monoisotopic (exact) mass is 565 g/mol. The van der Waals surface area contributed by atoms with Crippen molar-refractivity contribution in [2.24, 2.45) is 0 Å². The fourth-order valence-corrected chi connectivity index (χ4v) is 5.62. The third-order valence-corrected chi connectivity index (χ3v) is 7.68. The predicted molar refractivity (Wildman–Crippen MR) is 164 cm³/mol. The molecule has 5 aromatic rings. The lowest BCUT2D eigenvalue weighted by molar-refractivity contribution is -0.136. The van der Waals surface area contributed by atoms with Gasteiger partial charge in [0, 0.05) is 34.6 Å². The van der Waals surface area contributed by atoms with Gasteiger partial charge >= 0.3 is 5.97 Å². The van der Waals surface area contributed by atoms with E-state index in [9.17, 15) is 9.59 Å². The Bertz CT molecular complexity index is 1630. The van der Waals surface area contributed by atoms with Crippen molar-refractivity contribution in [3.05, 3.63) is 124 Å². The molecule has 3 N–H and O–H groups in total. The molecule has 3 aromatic carbocycles. The number of benzene rings is 3. The third kappa shape index (κ3) is 6.50. The summed E-state index contributed by atoms with van der Waals surface area (Å²) in [5.41, 5.74) is 6.77. The van der Waals surface area contributed by atoms with E-state index in [0.717, 1.165) is 46.3 Å². The number of rotatable bonds is 11. The normalized spacial score (nSPS) is 12.6. The van der Waals surface area contributed by atoms with Crippen LogP contribution in [0.5, 0.6) is 0 Å². The van der Waals surface area contributed by atoms with E-state index in [1.54, 1.807) is 0 Å². The van der Waals surface area contributed by atoms with E-state index in [2.05, 4.69) is 59.7 Å². The summed E-state index contributed by atoms with van der Waals surface area (Å²) < 4.78 is 0. The Morgan fingerprint density at radius 2 is 1.68 bits per heavy atom. The number of hydrogen-bond acceptors (Lipinski definition) is 3. The molecule has 0 bridgehead atoms. The largest absolute Gasteiger partial charge is 0.481 e. The van der Waals surface area contributed by atoms with Crippen LogP contribution in [0.3, 0.4) is 0 Å². The van der Waals surface area contributed by atoms with Crippen molar-refractivity contribution < 1.29 is 14.7 Å². The fourth-order valence-electron chi connectivity index (χ4n) is 5.49. The minimum Gasteiger partial charge on any atom is -0.481 e. The van der Waals surface area contributed by atoms with E-state index in [0.29, 0.717) is 10.6 Å². The van der Waals surface area contributed by atoms with Gasteiger partial charge in [0.05, 0.1) is 23.3 Å². The minimum atomic E-state index is -0.944. The number of nitrogens with zero attached hydrogens (tertiary/aromatic N) is 1. The Labute approximate surface area is 244 Å². The second-order valence-corrected chi connectivity index (χ2v) is 10.6.